The maximum atomic E-state index is 13.4. The summed E-state index contributed by atoms with van der Waals surface area (Å²) in [6, 6.07) is 12.6. The van der Waals surface area contributed by atoms with Gasteiger partial charge in [-0.15, -0.1) is 0 Å². The number of hydrogen-bond donors (Lipinski definition) is 1. The minimum atomic E-state index is -3.91. The molecule has 1 aliphatic carbocycles. The fourth-order valence-electron chi connectivity index (χ4n) is 4.14. The molecule has 0 heterocycles. The average Bonchev–Trinajstić information content (AvgIpc) is 2.83. The van der Waals surface area contributed by atoms with Gasteiger partial charge in [-0.05, 0) is 61.7 Å². The zero-order valence-corrected chi connectivity index (χ0v) is 23.1. The second-order valence-electron chi connectivity index (χ2n) is 8.89. The Kier molecular flexibility index (Phi) is 9.75. The predicted molar refractivity (Wildman–Crippen MR) is 140 cm³/mol. The number of carbonyl (C=O) groups excluding carboxylic acids is 2. The van der Waals surface area contributed by atoms with Gasteiger partial charge in [-0.25, -0.2) is 8.42 Å². The van der Waals surface area contributed by atoms with Crippen molar-refractivity contribution in [3.8, 4) is 0 Å². The summed E-state index contributed by atoms with van der Waals surface area (Å²) in [5.74, 6) is -0.695. The van der Waals surface area contributed by atoms with Gasteiger partial charge in [-0.3, -0.25) is 9.59 Å². The zero-order valence-electron chi connectivity index (χ0n) is 19.9. The van der Waals surface area contributed by atoms with Crippen LogP contribution in [-0.4, -0.2) is 55.1 Å². The third-order valence-corrected chi connectivity index (χ3v) is 8.80. The lowest BCUT2D eigenvalue weighted by Crippen LogP contribution is -2.52. The molecule has 35 heavy (non-hydrogen) atoms. The molecule has 0 unspecified atom stereocenters. The van der Waals surface area contributed by atoms with Crippen LogP contribution in [-0.2, 0) is 26.2 Å². The Morgan fingerprint density at radius 1 is 1.11 bits per heavy atom. The van der Waals surface area contributed by atoms with E-state index < -0.39 is 28.5 Å². The number of halogens is 2. The number of carbonyl (C=O) groups is 2. The third-order valence-electron chi connectivity index (χ3n) is 6.24. The molecule has 0 bridgehead atoms. The van der Waals surface area contributed by atoms with Crippen LogP contribution in [0.2, 0.25) is 5.02 Å². The van der Waals surface area contributed by atoms with Crippen molar-refractivity contribution in [3.05, 3.63) is 63.6 Å². The molecule has 0 aromatic heterocycles. The summed E-state index contributed by atoms with van der Waals surface area (Å²) in [4.78, 5) is 28.0. The highest BCUT2D eigenvalue weighted by atomic mass is 79.9. The number of likely N-dealkylation sites (N-methyl/N-ethyl adjacent to an activating group) is 1. The summed E-state index contributed by atoms with van der Waals surface area (Å²) in [6.45, 7) is 1.45. The second-order valence-corrected chi connectivity index (χ2v) is 12.3. The largest absolute Gasteiger partial charge is 0.352 e. The Balaban J connectivity index is 1.79. The normalized spacial score (nSPS) is 15.6. The quantitative estimate of drug-likeness (QED) is 0.467. The van der Waals surface area contributed by atoms with Gasteiger partial charge in [0, 0.05) is 29.1 Å². The summed E-state index contributed by atoms with van der Waals surface area (Å²) < 4.78 is 27.8. The maximum Gasteiger partial charge on any atom is 0.243 e. The van der Waals surface area contributed by atoms with Crippen molar-refractivity contribution in [3.63, 3.8) is 0 Å². The highest BCUT2D eigenvalue weighted by Crippen LogP contribution is 2.21. The number of nitrogens with one attached hydrogen (secondary N) is 1. The van der Waals surface area contributed by atoms with E-state index in [2.05, 4.69) is 21.2 Å². The van der Waals surface area contributed by atoms with Crippen molar-refractivity contribution in [1.82, 2.24) is 14.5 Å². The monoisotopic (exact) mass is 583 g/mol. The Bertz CT molecular complexity index is 1140. The molecular formula is C25H31BrClN3O4S. The van der Waals surface area contributed by atoms with Gasteiger partial charge in [0.05, 0.1) is 11.4 Å². The minimum absolute atomic E-state index is 0.0406. The van der Waals surface area contributed by atoms with Crippen molar-refractivity contribution in [2.75, 3.05) is 13.6 Å². The summed E-state index contributed by atoms with van der Waals surface area (Å²) >= 11 is 9.32. The Morgan fingerprint density at radius 3 is 2.40 bits per heavy atom. The number of hydrogen-bond acceptors (Lipinski definition) is 4. The van der Waals surface area contributed by atoms with Gasteiger partial charge in [0.25, 0.3) is 0 Å². The Hall–Kier alpha value is -1.94. The van der Waals surface area contributed by atoms with Crippen molar-refractivity contribution < 1.29 is 18.0 Å². The van der Waals surface area contributed by atoms with Crippen LogP contribution in [0.25, 0.3) is 0 Å². The van der Waals surface area contributed by atoms with Crippen LogP contribution in [0, 0.1) is 0 Å². The molecule has 0 aliphatic heterocycles. The fraction of sp³-hybridized carbons (Fsp3) is 0.440. The zero-order chi connectivity index (χ0) is 25.6. The van der Waals surface area contributed by atoms with Gasteiger partial charge in [-0.2, -0.15) is 4.31 Å². The van der Waals surface area contributed by atoms with Gasteiger partial charge in [0.15, 0.2) is 0 Å². The van der Waals surface area contributed by atoms with Crippen molar-refractivity contribution in [2.24, 2.45) is 0 Å². The van der Waals surface area contributed by atoms with E-state index in [1.54, 1.807) is 6.92 Å². The molecule has 190 valence electrons. The van der Waals surface area contributed by atoms with Crippen molar-refractivity contribution >= 4 is 49.4 Å². The highest BCUT2D eigenvalue weighted by Gasteiger charge is 2.31. The van der Waals surface area contributed by atoms with Crippen LogP contribution in [0.5, 0.6) is 0 Å². The molecule has 10 heteroatoms. The molecule has 3 rings (SSSR count). The lowest BCUT2D eigenvalue weighted by Gasteiger charge is -2.32. The van der Waals surface area contributed by atoms with E-state index in [1.807, 2.05) is 24.3 Å². The number of amides is 2. The molecule has 7 nitrogen and oxygen atoms in total. The molecule has 2 aromatic rings. The lowest BCUT2D eigenvalue weighted by molar-refractivity contribution is -0.141. The van der Waals surface area contributed by atoms with Gasteiger partial charge in [0.2, 0.25) is 21.8 Å². The first-order valence-electron chi connectivity index (χ1n) is 11.6. The molecular weight excluding hydrogens is 554 g/mol. The van der Waals surface area contributed by atoms with Crippen molar-refractivity contribution in [1.29, 1.82) is 0 Å². The summed E-state index contributed by atoms with van der Waals surface area (Å²) in [7, 11) is -2.56. The number of benzene rings is 2. The molecule has 1 saturated carbocycles. The van der Waals surface area contributed by atoms with Gasteiger partial charge in [-0.1, -0.05) is 58.9 Å². The minimum Gasteiger partial charge on any atom is -0.352 e. The van der Waals surface area contributed by atoms with E-state index in [0.29, 0.717) is 5.02 Å². The van der Waals surface area contributed by atoms with E-state index in [-0.39, 0.29) is 23.4 Å². The van der Waals surface area contributed by atoms with Gasteiger partial charge < -0.3 is 10.2 Å². The topological polar surface area (TPSA) is 86.8 Å². The van der Waals surface area contributed by atoms with Crippen LogP contribution in [0.3, 0.4) is 0 Å². The first-order chi connectivity index (χ1) is 16.6. The fourth-order valence-corrected chi connectivity index (χ4v) is 5.83. The molecule has 2 aromatic carbocycles. The second kappa shape index (κ2) is 12.3. The van der Waals surface area contributed by atoms with Crippen LogP contribution in [0.15, 0.2) is 57.9 Å². The molecule has 0 radical (unpaired) electrons. The number of nitrogens with zero attached hydrogens (tertiary/aromatic N) is 2. The maximum absolute atomic E-state index is 13.4. The summed E-state index contributed by atoms with van der Waals surface area (Å²) in [5.41, 5.74) is 0.827. The molecule has 1 fully saturated rings. The SMILES string of the molecule is C[C@@H](C(=O)NC1CCCCC1)N(Cc1cccc(Br)c1)C(=O)CN(C)S(=O)(=O)c1ccc(Cl)cc1. The molecule has 0 spiro atoms. The number of rotatable bonds is 9. The standard InChI is InChI=1S/C25H31BrClN3O4S/c1-18(25(32)28-22-9-4-3-5-10-22)30(16-19-7-6-8-20(26)15-19)24(31)17-29(2)35(33,34)23-13-11-21(27)12-14-23/h6-8,11-15,18,22H,3-5,9-10,16-17H2,1-2H3,(H,28,32)/t18-/m0/s1. The van der Waals surface area contributed by atoms with E-state index in [4.69, 9.17) is 11.6 Å². The van der Waals surface area contributed by atoms with Gasteiger partial charge in [0.1, 0.15) is 6.04 Å². The highest BCUT2D eigenvalue weighted by molar-refractivity contribution is 9.10. The van der Waals surface area contributed by atoms with Crippen LogP contribution >= 0.6 is 27.5 Å². The molecule has 1 N–H and O–H groups in total. The Labute approximate surface area is 221 Å². The van der Waals surface area contributed by atoms with Crippen LogP contribution in [0.1, 0.15) is 44.6 Å². The lowest BCUT2D eigenvalue weighted by atomic mass is 9.95. The van der Waals surface area contributed by atoms with Crippen LogP contribution in [0.4, 0.5) is 0 Å². The molecule has 1 atom stereocenters. The summed E-state index contributed by atoms with van der Waals surface area (Å²) in [5, 5.41) is 3.50. The third kappa shape index (κ3) is 7.52. The first kappa shape index (κ1) is 27.6. The van der Waals surface area contributed by atoms with Crippen LogP contribution < -0.4 is 5.32 Å². The van der Waals surface area contributed by atoms with Crippen molar-refractivity contribution in [2.45, 2.75) is 62.6 Å². The predicted octanol–water partition coefficient (Wildman–Crippen LogP) is 4.59. The van der Waals surface area contributed by atoms with E-state index in [0.717, 1.165) is 40.0 Å². The number of sulfonamides is 1. The van der Waals surface area contributed by atoms with E-state index >= 15 is 0 Å². The average molecular weight is 585 g/mol. The molecule has 0 saturated heterocycles. The molecule has 1 aliphatic rings. The Morgan fingerprint density at radius 2 is 1.77 bits per heavy atom. The van der Waals surface area contributed by atoms with Gasteiger partial charge >= 0.3 is 0 Å². The smallest absolute Gasteiger partial charge is 0.243 e. The van der Waals surface area contributed by atoms with E-state index in [9.17, 15) is 18.0 Å². The molecule has 2 amide bonds. The summed E-state index contributed by atoms with van der Waals surface area (Å²) in [6.07, 6.45) is 5.19. The first-order valence-corrected chi connectivity index (χ1v) is 14.2. The van der Waals surface area contributed by atoms with E-state index in [1.165, 1.54) is 42.6 Å².